The quantitative estimate of drug-likeness (QED) is 0.846. The van der Waals surface area contributed by atoms with E-state index >= 15 is 0 Å². The Bertz CT molecular complexity index is 517. The minimum Gasteiger partial charge on any atom is -0.473 e. The van der Waals surface area contributed by atoms with E-state index in [1.54, 1.807) is 0 Å². The molecule has 1 heterocycles. The first-order chi connectivity index (χ1) is 9.15. The number of hydrogen-bond acceptors (Lipinski definition) is 6. The Morgan fingerprint density at radius 3 is 3.00 bits per heavy atom. The van der Waals surface area contributed by atoms with Gasteiger partial charge in [-0.3, -0.25) is 0 Å². The highest BCUT2D eigenvalue weighted by Gasteiger charge is 2.07. The van der Waals surface area contributed by atoms with Gasteiger partial charge in [0.05, 0.1) is 11.7 Å². The van der Waals surface area contributed by atoms with Crippen molar-refractivity contribution in [3.8, 4) is 5.88 Å². The molecule has 1 aromatic heterocycles. The van der Waals surface area contributed by atoms with Crippen LogP contribution in [-0.4, -0.2) is 33.1 Å². The van der Waals surface area contributed by atoms with Crippen molar-refractivity contribution in [3.05, 3.63) is 35.5 Å². The summed E-state index contributed by atoms with van der Waals surface area (Å²) in [4.78, 5) is 0. The molecule has 2 N–H and O–H groups in total. The van der Waals surface area contributed by atoms with Gasteiger partial charge < -0.3 is 15.2 Å². The zero-order valence-corrected chi connectivity index (χ0v) is 11.8. The van der Waals surface area contributed by atoms with Gasteiger partial charge in [0.25, 0.3) is 0 Å². The third-order valence-electron chi connectivity index (χ3n) is 2.69. The average molecular weight is 279 g/mol. The van der Waals surface area contributed by atoms with Crippen molar-refractivity contribution >= 4 is 17.4 Å². The smallest absolute Gasteiger partial charge is 0.245 e. The number of hydrogen-bond donors (Lipinski definition) is 2. The van der Waals surface area contributed by atoms with Gasteiger partial charge in [0, 0.05) is 12.2 Å². The maximum absolute atomic E-state index is 9.84. The van der Waals surface area contributed by atoms with E-state index in [2.05, 4.69) is 32.3 Å². The largest absolute Gasteiger partial charge is 0.473 e. The molecular weight excluding hydrogens is 262 g/mol. The van der Waals surface area contributed by atoms with Crippen molar-refractivity contribution in [2.75, 3.05) is 18.5 Å². The molecule has 0 radical (unpaired) electrons. The molecule has 102 valence electrons. The van der Waals surface area contributed by atoms with Crippen molar-refractivity contribution in [1.29, 1.82) is 0 Å². The van der Waals surface area contributed by atoms with E-state index in [0.717, 1.165) is 23.0 Å². The zero-order chi connectivity index (χ0) is 13.7. The summed E-state index contributed by atoms with van der Waals surface area (Å²) in [5.41, 5.74) is 3.38. The monoisotopic (exact) mass is 279 g/mol. The van der Waals surface area contributed by atoms with Crippen LogP contribution in [0, 0.1) is 13.8 Å². The Balaban J connectivity index is 1.79. The Morgan fingerprint density at radius 1 is 1.42 bits per heavy atom. The summed E-state index contributed by atoms with van der Waals surface area (Å²) in [5.74, 6) is 0.454. The summed E-state index contributed by atoms with van der Waals surface area (Å²) in [6.45, 7) is 4.70. The fraction of sp³-hybridized carbons (Fsp3) is 0.385. The van der Waals surface area contributed by atoms with Crippen LogP contribution in [0.2, 0.25) is 0 Å². The van der Waals surface area contributed by atoms with Crippen molar-refractivity contribution in [2.45, 2.75) is 20.0 Å². The third-order valence-corrected chi connectivity index (χ3v) is 3.15. The third kappa shape index (κ3) is 4.18. The highest BCUT2D eigenvalue weighted by Crippen LogP contribution is 2.16. The Labute approximate surface area is 116 Å². The Hall–Kier alpha value is -1.66. The van der Waals surface area contributed by atoms with Crippen LogP contribution in [0.4, 0.5) is 5.69 Å². The van der Waals surface area contributed by atoms with Crippen molar-refractivity contribution < 1.29 is 9.84 Å². The zero-order valence-electron chi connectivity index (χ0n) is 11.0. The number of rotatable bonds is 6. The predicted octanol–water partition coefficient (Wildman–Crippen LogP) is 2.01. The van der Waals surface area contributed by atoms with E-state index < -0.39 is 6.10 Å². The van der Waals surface area contributed by atoms with Gasteiger partial charge in [0.15, 0.2) is 0 Å². The predicted molar refractivity (Wildman–Crippen MR) is 75.8 cm³/mol. The minimum atomic E-state index is -0.596. The molecule has 5 nitrogen and oxygen atoms in total. The fourth-order valence-corrected chi connectivity index (χ4v) is 1.98. The lowest BCUT2D eigenvalue weighted by atomic mass is 10.1. The number of aromatic nitrogens is 2. The first-order valence-electron chi connectivity index (χ1n) is 6.04. The van der Waals surface area contributed by atoms with E-state index in [0.29, 0.717) is 12.4 Å². The molecule has 1 aromatic carbocycles. The van der Waals surface area contributed by atoms with Crippen LogP contribution in [-0.2, 0) is 0 Å². The number of aliphatic hydroxyl groups excluding tert-OH is 1. The Morgan fingerprint density at radius 2 is 2.26 bits per heavy atom. The molecule has 6 heteroatoms. The maximum Gasteiger partial charge on any atom is 0.245 e. The number of nitrogens with one attached hydrogen (secondary N) is 1. The van der Waals surface area contributed by atoms with Gasteiger partial charge in [-0.05, 0) is 31.0 Å². The van der Waals surface area contributed by atoms with E-state index in [1.807, 2.05) is 13.8 Å². The maximum atomic E-state index is 9.84. The second-order valence-corrected chi connectivity index (χ2v) is 4.97. The molecular formula is C13H17N3O2S. The molecule has 0 aliphatic carbocycles. The number of aliphatic hydroxyl groups is 1. The van der Waals surface area contributed by atoms with Gasteiger partial charge in [-0.25, -0.2) is 0 Å². The lowest BCUT2D eigenvalue weighted by molar-refractivity contribution is 0.115. The molecule has 0 bridgehead atoms. The van der Waals surface area contributed by atoms with Crippen molar-refractivity contribution in [2.24, 2.45) is 0 Å². The van der Waals surface area contributed by atoms with Crippen LogP contribution in [0.15, 0.2) is 24.4 Å². The van der Waals surface area contributed by atoms with Gasteiger partial charge in [-0.15, -0.1) is 4.37 Å². The van der Waals surface area contributed by atoms with Gasteiger partial charge in [0.1, 0.15) is 18.9 Å². The minimum absolute atomic E-state index is 0.198. The van der Waals surface area contributed by atoms with Crippen LogP contribution >= 0.6 is 11.7 Å². The van der Waals surface area contributed by atoms with E-state index in [1.165, 1.54) is 11.8 Å². The second kappa shape index (κ2) is 6.49. The molecule has 0 amide bonds. The normalized spacial score (nSPS) is 12.2. The van der Waals surface area contributed by atoms with Gasteiger partial charge in [0.2, 0.25) is 5.88 Å². The van der Waals surface area contributed by atoms with E-state index in [9.17, 15) is 5.11 Å². The van der Waals surface area contributed by atoms with Crippen LogP contribution < -0.4 is 10.1 Å². The van der Waals surface area contributed by atoms with E-state index in [4.69, 9.17) is 4.74 Å². The molecule has 1 atom stereocenters. The molecule has 1 unspecified atom stereocenters. The highest BCUT2D eigenvalue weighted by atomic mass is 32.1. The standard InChI is InChI=1S/C13H17N3O2S/c1-9-3-4-10(2)12(5-9)14-6-11(17)8-18-13-7-15-19-16-13/h3-5,7,11,14,17H,6,8H2,1-2H3. The number of ether oxygens (including phenoxy) is 1. The lowest BCUT2D eigenvalue weighted by Crippen LogP contribution is -2.26. The van der Waals surface area contributed by atoms with Gasteiger partial charge >= 0.3 is 0 Å². The topological polar surface area (TPSA) is 67.3 Å². The van der Waals surface area contributed by atoms with Crippen molar-refractivity contribution in [1.82, 2.24) is 8.75 Å². The van der Waals surface area contributed by atoms with Crippen molar-refractivity contribution in [3.63, 3.8) is 0 Å². The molecule has 0 saturated carbocycles. The molecule has 19 heavy (non-hydrogen) atoms. The molecule has 0 fully saturated rings. The number of benzene rings is 1. The molecule has 2 rings (SSSR count). The number of nitrogens with zero attached hydrogens (tertiary/aromatic N) is 2. The molecule has 0 aliphatic rings. The lowest BCUT2D eigenvalue weighted by Gasteiger charge is -2.14. The summed E-state index contributed by atoms with van der Waals surface area (Å²) in [5, 5.41) is 13.1. The molecule has 0 saturated heterocycles. The average Bonchev–Trinajstić information content (AvgIpc) is 2.90. The van der Waals surface area contributed by atoms with Crippen LogP contribution in [0.25, 0.3) is 0 Å². The highest BCUT2D eigenvalue weighted by molar-refractivity contribution is 6.99. The molecule has 2 aromatic rings. The molecule has 0 spiro atoms. The Kier molecular flexibility index (Phi) is 4.70. The van der Waals surface area contributed by atoms with E-state index in [-0.39, 0.29) is 6.61 Å². The fourth-order valence-electron chi connectivity index (χ4n) is 1.61. The molecule has 0 aliphatic heterocycles. The number of anilines is 1. The summed E-state index contributed by atoms with van der Waals surface area (Å²) in [6.07, 6.45) is 0.941. The first kappa shape index (κ1) is 13.8. The van der Waals surface area contributed by atoms with Crippen LogP contribution in [0.3, 0.4) is 0 Å². The van der Waals surface area contributed by atoms with Crippen LogP contribution in [0.1, 0.15) is 11.1 Å². The number of aryl methyl sites for hydroxylation is 2. The summed E-state index contributed by atoms with van der Waals surface area (Å²) in [6, 6.07) is 6.18. The second-order valence-electron chi connectivity index (χ2n) is 4.41. The van der Waals surface area contributed by atoms with Gasteiger partial charge in [-0.1, -0.05) is 12.1 Å². The van der Waals surface area contributed by atoms with Gasteiger partial charge in [-0.2, -0.15) is 4.37 Å². The summed E-state index contributed by atoms with van der Waals surface area (Å²) < 4.78 is 13.0. The SMILES string of the molecule is Cc1ccc(C)c(NCC(O)COc2cnsn2)c1. The summed E-state index contributed by atoms with van der Waals surface area (Å²) >= 11 is 1.08. The van der Waals surface area contributed by atoms with Crippen LogP contribution in [0.5, 0.6) is 5.88 Å². The summed E-state index contributed by atoms with van der Waals surface area (Å²) in [7, 11) is 0. The first-order valence-corrected chi connectivity index (χ1v) is 6.78.